The summed E-state index contributed by atoms with van der Waals surface area (Å²) < 4.78 is 10.8. The molecule has 0 aromatic carbocycles. The summed E-state index contributed by atoms with van der Waals surface area (Å²) in [6, 6.07) is 2.06. The Hall–Kier alpha value is -1.56. The topological polar surface area (TPSA) is 62.9 Å². The Morgan fingerprint density at radius 3 is 2.92 bits per heavy atom. The van der Waals surface area contributed by atoms with E-state index in [0.29, 0.717) is 18.4 Å². The normalized spacial score (nSPS) is 18.6. The number of aliphatic imine (C=N–C) groups is 1. The highest BCUT2D eigenvalue weighted by atomic mass is 16.5. The third-order valence-electron chi connectivity index (χ3n) is 4.69. The molecule has 0 saturated carbocycles. The van der Waals surface area contributed by atoms with Crippen LogP contribution in [0.1, 0.15) is 57.4 Å². The first kappa shape index (κ1) is 18.8. The highest BCUT2D eigenvalue weighted by molar-refractivity contribution is 5.80. The van der Waals surface area contributed by atoms with Gasteiger partial charge >= 0.3 is 0 Å². The minimum atomic E-state index is 0.480. The van der Waals surface area contributed by atoms with Crippen LogP contribution in [0, 0.1) is 5.92 Å². The molecule has 1 unspecified atom stereocenters. The van der Waals surface area contributed by atoms with Crippen LogP contribution in [-0.2, 0) is 11.3 Å². The summed E-state index contributed by atoms with van der Waals surface area (Å²) in [5.74, 6) is 2.86. The number of nitrogens with one attached hydrogen (secondary N) is 1. The van der Waals surface area contributed by atoms with Crippen LogP contribution in [0.25, 0.3) is 0 Å². The zero-order valence-electron chi connectivity index (χ0n) is 15.5. The molecule has 1 aliphatic rings. The Labute approximate surface area is 145 Å². The number of ether oxygens (including phenoxy) is 1. The lowest BCUT2D eigenvalue weighted by atomic mass is 9.99. The van der Waals surface area contributed by atoms with Crippen LogP contribution in [0.5, 0.6) is 0 Å². The molecule has 0 spiro atoms. The fourth-order valence-corrected chi connectivity index (χ4v) is 3.28. The second-order valence-corrected chi connectivity index (χ2v) is 6.46. The Morgan fingerprint density at radius 2 is 2.25 bits per heavy atom. The molecule has 1 aromatic rings. The molecule has 136 valence electrons. The van der Waals surface area contributed by atoms with Crippen LogP contribution < -0.4 is 5.32 Å². The average molecular weight is 336 g/mol. The monoisotopic (exact) mass is 336 g/mol. The van der Waals surface area contributed by atoms with Gasteiger partial charge in [-0.2, -0.15) is 0 Å². The summed E-state index contributed by atoms with van der Waals surface area (Å²) in [6.07, 6.45) is 3.32. The number of methoxy groups -OCH3 is 1. The van der Waals surface area contributed by atoms with Crippen LogP contribution in [0.4, 0.5) is 0 Å². The first-order valence-electron chi connectivity index (χ1n) is 9.19. The van der Waals surface area contributed by atoms with Crippen molar-refractivity contribution in [3.8, 4) is 0 Å². The molecule has 1 aromatic heterocycles. The van der Waals surface area contributed by atoms with E-state index in [9.17, 15) is 0 Å². The second-order valence-electron chi connectivity index (χ2n) is 6.46. The van der Waals surface area contributed by atoms with Crippen molar-refractivity contribution in [2.24, 2.45) is 10.9 Å². The minimum absolute atomic E-state index is 0.480. The largest absolute Gasteiger partial charge is 0.384 e. The molecule has 1 aliphatic heterocycles. The number of aromatic nitrogens is 1. The predicted molar refractivity (Wildman–Crippen MR) is 96.2 cm³/mol. The Balaban J connectivity index is 1.98. The Morgan fingerprint density at radius 1 is 1.46 bits per heavy atom. The molecule has 24 heavy (non-hydrogen) atoms. The van der Waals surface area contributed by atoms with Crippen LogP contribution in [0.2, 0.25) is 0 Å². The van der Waals surface area contributed by atoms with Gasteiger partial charge in [0.25, 0.3) is 0 Å². The molecular weight excluding hydrogens is 304 g/mol. The third kappa shape index (κ3) is 4.97. The summed E-state index contributed by atoms with van der Waals surface area (Å²) in [5.41, 5.74) is 1.05. The summed E-state index contributed by atoms with van der Waals surface area (Å²) >= 11 is 0. The van der Waals surface area contributed by atoms with E-state index in [4.69, 9.17) is 14.3 Å². The summed E-state index contributed by atoms with van der Waals surface area (Å²) in [4.78, 5) is 7.05. The number of nitrogens with zero attached hydrogens (tertiary/aromatic N) is 3. The van der Waals surface area contributed by atoms with E-state index in [1.807, 2.05) is 0 Å². The summed E-state index contributed by atoms with van der Waals surface area (Å²) in [7, 11) is 1.77. The standard InChI is InChI=1S/C18H32N4O2/c1-5-15(6-2)17-10-16(24-21-17)11-20-18(19-7-3)22-9-8-14(12-22)13-23-4/h10,14-15H,5-9,11-13H2,1-4H3,(H,19,20). The van der Waals surface area contributed by atoms with Crippen LogP contribution in [0.3, 0.4) is 0 Å². The molecule has 1 N–H and O–H groups in total. The van der Waals surface area contributed by atoms with Gasteiger partial charge in [-0.05, 0) is 26.2 Å². The van der Waals surface area contributed by atoms with Crippen molar-refractivity contribution in [2.45, 2.75) is 52.5 Å². The highest BCUT2D eigenvalue weighted by Crippen LogP contribution is 2.23. The number of hydrogen-bond donors (Lipinski definition) is 1. The van der Waals surface area contributed by atoms with Crippen molar-refractivity contribution < 1.29 is 9.26 Å². The maximum absolute atomic E-state index is 5.48. The van der Waals surface area contributed by atoms with Crippen molar-refractivity contribution >= 4 is 5.96 Å². The Bertz CT molecular complexity index is 511. The summed E-state index contributed by atoms with van der Waals surface area (Å²) in [6.45, 7) is 10.7. The zero-order valence-corrected chi connectivity index (χ0v) is 15.5. The number of likely N-dealkylation sites (tertiary alicyclic amines) is 1. The van der Waals surface area contributed by atoms with Crippen LogP contribution in [-0.4, -0.2) is 49.4 Å². The maximum Gasteiger partial charge on any atom is 0.194 e. The van der Waals surface area contributed by atoms with Crippen molar-refractivity contribution in [2.75, 3.05) is 33.4 Å². The van der Waals surface area contributed by atoms with Crippen molar-refractivity contribution in [1.82, 2.24) is 15.4 Å². The van der Waals surface area contributed by atoms with Crippen molar-refractivity contribution in [3.63, 3.8) is 0 Å². The predicted octanol–water partition coefficient (Wildman–Crippen LogP) is 3.01. The summed E-state index contributed by atoms with van der Waals surface area (Å²) in [5, 5.41) is 7.60. The number of hydrogen-bond acceptors (Lipinski definition) is 4. The molecular formula is C18H32N4O2. The first-order chi connectivity index (χ1) is 11.7. The molecule has 2 heterocycles. The van der Waals surface area contributed by atoms with E-state index < -0.39 is 0 Å². The number of rotatable bonds is 8. The molecule has 6 heteroatoms. The van der Waals surface area contributed by atoms with E-state index in [-0.39, 0.29) is 0 Å². The molecule has 1 saturated heterocycles. The lowest BCUT2D eigenvalue weighted by Crippen LogP contribution is -2.40. The van der Waals surface area contributed by atoms with Gasteiger partial charge in [-0.15, -0.1) is 0 Å². The molecule has 6 nitrogen and oxygen atoms in total. The highest BCUT2D eigenvalue weighted by Gasteiger charge is 2.24. The van der Waals surface area contributed by atoms with Gasteiger partial charge in [-0.1, -0.05) is 19.0 Å². The first-order valence-corrected chi connectivity index (χ1v) is 9.19. The van der Waals surface area contributed by atoms with Crippen LogP contribution >= 0.6 is 0 Å². The van der Waals surface area contributed by atoms with Gasteiger partial charge in [0.05, 0.1) is 12.3 Å². The minimum Gasteiger partial charge on any atom is -0.384 e. The van der Waals surface area contributed by atoms with Gasteiger partial charge in [0.2, 0.25) is 0 Å². The molecule has 0 aliphatic carbocycles. The SMILES string of the molecule is CCNC(=NCc1cc(C(CC)CC)no1)N1CCC(COC)C1. The van der Waals surface area contributed by atoms with E-state index in [1.165, 1.54) is 0 Å². The van der Waals surface area contributed by atoms with E-state index in [1.54, 1.807) is 7.11 Å². The van der Waals surface area contributed by atoms with Gasteiger partial charge in [-0.25, -0.2) is 4.99 Å². The van der Waals surface area contributed by atoms with Gasteiger partial charge in [-0.3, -0.25) is 0 Å². The lowest BCUT2D eigenvalue weighted by molar-refractivity contribution is 0.157. The second kappa shape index (κ2) is 9.67. The van der Waals surface area contributed by atoms with Gasteiger partial charge in [0.1, 0.15) is 6.54 Å². The molecule has 1 fully saturated rings. The van der Waals surface area contributed by atoms with E-state index in [2.05, 4.69) is 42.2 Å². The van der Waals surface area contributed by atoms with E-state index in [0.717, 1.165) is 62.9 Å². The van der Waals surface area contributed by atoms with Crippen LogP contribution in [0.15, 0.2) is 15.6 Å². The molecule has 0 amide bonds. The quantitative estimate of drug-likeness (QED) is 0.584. The maximum atomic E-state index is 5.48. The van der Waals surface area contributed by atoms with Gasteiger partial charge in [0, 0.05) is 44.6 Å². The smallest absolute Gasteiger partial charge is 0.194 e. The Kier molecular flexibility index (Phi) is 7.56. The molecule has 1 atom stereocenters. The van der Waals surface area contributed by atoms with Gasteiger partial charge < -0.3 is 19.5 Å². The van der Waals surface area contributed by atoms with Gasteiger partial charge in [0.15, 0.2) is 11.7 Å². The van der Waals surface area contributed by atoms with E-state index >= 15 is 0 Å². The fourth-order valence-electron chi connectivity index (χ4n) is 3.28. The van der Waals surface area contributed by atoms with Crippen molar-refractivity contribution in [1.29, 1.82) is 0 Å². The van der Waals surface area contributed by atoms with Crippen molar-refractivity contribution in [3.05, 3.63) is 17.5 Å². The number of guanidine groups is 1. The molecule has 0 bridgehead atoms. The third-order valence-corrected chi connectivity index (χ3v) is 4.69. The average Bonchev–Trinajstić information content (AvgIpc) is 3.23. The zero-order chi connectivity index (χ0) is 17.4. The fraction of sp³-hybridized carbons (Fsp3) is 0.778. The molecule has 2 rings (SSSR count). The lowest BCUT2D eigenvalue weighted by Gasteiger charge is -2.21. The molecule has 0 radical (unpaired) electrons.